The van der Waals surface area contributed by atoms with Crippen molar-refractivity contribution < 1.29 is 9.47 Å². The fraction of sp³-hybridized carbons (Fsp3) is 0.800. The number of hydrogen-bond donors (Lipinski definition) is 1. The predicted octanol–water partition coefficient (Wildman–Crippen LogP) is 3.56. The molecule has 0 amide bonds. The van der Waals surface area contributed by atoms with E-state index in [1.54, 1.807) is 6.20 Å². The number of halogens is 1. The number of aromatic nitrogens is 2. The molecule has 122 valence electrons. The van der Waals surface area contributed by atoms with Gasteiger partial charge in [0.15, 0.2) is 6.29 Å². The molecule has 0 bridgehead atoms. The van der Waals surface area contributed by atoms with Crippen molar-refractivity contribution >= 4 is 11.6 Å². The lowest BCUT2D eigenvalue weighted by Crippen LogP contribution is -2.38. The third-order valence-corrected chi connectivity index (χ3v) is 3.41. The highest BCUT2D eigenvalue weighted by molar-refractivity contribution is 6.31. The molecule has 1 heterocycles. The third-order valence-electron chi connectivity index (χ3n) is 3.12. The maximum absolute atomic E-state index is 6.37. The first kappa shape index (κ1) is 18.4. The highest BCUT2D eigenvalue weighted by Crippen LogP contribution is 2.29. The van der Waals surface area contributed by atoms with Crippen LogP contribution in [0.4, 0.5) is 0 Å². The van der Waals surface area contributed by atoms with Gasteiger partial charge in [0, 0.05) is 19.3 Å². The molecular weight excluding hydrogens is 290 g/mol. The van der Waals surface area contributed by atoms with E-state index in [4.69, 9.17) is 21.1 Å². The van der Waals surface area contributed by atoms with Gasteiger partial charge in [-0.05, 0) is 40.7 Å². The monoisotopic (exact) mass is 317 g/mol. The van der Waals surface area contributed by atoms with Crippen molar-refractivity contribution in [2.45, 2.75) is 59.4 Å². The van der Waals surface area contributed by atoms with Gasteiger partial charge in [0.05, 0.1) is 16.9 Å². The molecule has 1 aromatic heterocycles. The minimum Gasteiger partial charge on any atom is -0.351 e. The molecular formula is C15H28ClN3O2. The van der Waals surface area contributed by atoms with Crippen LogP contribution >= 0.6 is 11.6 Å². The van der Waals surface area contributed by atoms with Crippen LogP contribution in [0.15, 0.2) is 6.20 Å². The maximum atomic E-state index is 6.37. The number of rotatable bonds is 10. The Labute approximate surface area is 132 Å². The van der Waals surface area contributed by atoms with Crippen molar-refractivity contribution in [2.24, 2.45) is 0 Å². The van der Waals surface area contributed by atoms with Gasteiger partial charge in [0.25, 0.3) is 0 Å². The minimum absolute atomic E-state index is 0.137. The van der Waals surface area contributed by atoms with E-state index >= 15 is 0 Å². The molecule has 1 N–H and O–H groups in total. The van der Waals surface area contributed by atoms with Crippen LogP contribution in [-0.2, 0) is 9.47 Å². The zero-order chi connectivity index (χ0) is 15.8. The second kappa shape index (κ2) is 9.41. The summed E-state index contributed by atoms with van der Waals surface area (Å²) in [7, 11) is 0. The summed E-state index contributed by atoms with van der Waals surface area (Å²) in [5.41, 5.74) is 0.923. The molecule has 0 spiro atoms. The Morgan fingerprint density at radius 3 is 2.33 bits per heavy atom. The van der Waals surface area contributed by atoms with Crippen molar-refractivity contribution in [2.75, 3.05) is 19.8 Å². The molecule has 5 nitrogen and oxygen atoms in total. The molecule has 0 radical (unpaired) electrons. The SMILES string of the molecule is CCCNC(c1c(Cl)cnn1C(C)C)C(OCC)OCC. The number of ether oxygens (including phenoxy) is 2. The van der Waals surface area contributed by atoms with Crippen LogP contribution < -0.4 is 5.32 Å². The average molecular weight is 318 g/mol. The van der Waals surface area contributed by atoms with Crippen molar-refractivity contribution in [3.05, 3.63) is 16.9 Å². The molecule has 1 rings (SSSR count). The first-order chi connectivity index (χ1) is 10.1. The normalized spacial score (nSPS) is 13.3. The summed E-state index contributed by atoms with van der Waals surface area (Å²) in [5, 5.41) is 8.50. The molecule has 21 heavy (non-hydrogen) atoms. The molecule has 1 atom stereocenters. The van der Waals surface area contributed by atoms with Gasteiger partial charge in [-0.2, -0.15) is 5.10 Å². The van der Waals surface area contributed by atoms with Crippen LogP contribution in [0.5, 0.6) is 0 Å². The van der Waals surface area contributed by atoms with Gasteiger partial charge in [-0.25, -0.2) is 0 Å². The Morgan fingerprint density at radius 2 is 1.86 bits per heavy atom. The third kappa shape index (κ3) is 4.95. The minimum atomic E-state index is -0.377. The smallest absolute Gasteiger partial charge is 0.178 e. The van der Waals surface area contributed by atoms with E-state index in [2.05, 4.69) is 31.2 Å². The van der Waals surface area contributed by atoms with Gasteiger partial charge in [0.1, 0.15) is 6.04 Å². The summed E-state index contributed by atoms with van der Waals surface area (Å²) >= 11 is 6.37. The van der Waals surface area contributed by atoms with E-state index in [0.717, 1.165) is 18.7 Å². The van der Waals surface area contributed by atoms with Crippen molar-refractivity contribution in [1.29, 1.82) is 0 Å². The largest absolute Gasteiger partial charge is 0.351 e. The molecule has 0 aliphatic rings. The van der Waals surface area contributed by atoms with E-state index in [1.165, 1.54) is 0 Å². The van der Waals surface area contributed by atoms with Crippen LogP contribution in [-0.4, -0.2) is 35.8 Å². The molecule has 0 aromatic carbocycles. The molecule has 1 unspecified atom stereocenters. The van der Waals surface area contributed by atoms with Crippen LogP contribution in [0.1, 0.15) is 58.8 Å². The molecule has 6 heteroatoms. The topological polar surface area (TPSA) is 48.3 Å². The zero-order valence-electron chi connectivity index (χ0n) is 13.7. The summed E-state index contributed by atoms with van der Waals surface area (Å²) in [5.74, 6) is 0. The Morgan fingerprint density at radius 1 is 1.24 bits per heavy atom. The van der Waals surface area contributed by atoms with E-state index in [-0.39, 0.29) is 18.4 Å². The van der Waals surface area contributed by atoms with Gasteiger partial charge < -0.3 is 14.8 Å². The van der Waals surface area contributed by atoms with Crippen LogP contribution in [0, 0.1) is 0 Å². The highest BCUT2D eigenvalue weighted by atomic mass is 35.5. The molecule has 0 aliphatic heterocycles. The van der Waals surface area contributed by atoms with Crippen molar-refractivity contribution in [3.63, 3.8) is 0 Å². The highest BCUT2D eigenvalue weighted by Gasteiger charge is 2.30. The summed E-state index contributed by atoms with van der Waals surface area (Å²) in [6.07, 6.45) is 2.33. The van der Waals surface area contributed by atoms with Gasteiger partial charge in [-0.1, -0.05) is 18.5 Å². The Bertz CT molecular complexity index is 404. The molecule has 0 fully saturated rings. The van der Waals surface area contributed by atoms with Crippen LogP contribution in [0.25, 0.3) is 0 Å². The lowest BCUT2D eigenvalue weighted by atomic mass is 10.1. The fourth-order valence-electron chi connectivity index (χ4n) is 2.24. The van der Waals surface area contributed by atoms with Gasteiger partial charge in [-0.3, -0.25) is 4.68 Å². The second-order valence-corrected chi connectivity index (χ2v) is 5.53. The van der Waals surface area contributed by atoms with E-state index in [0.29, 0.717) is 18.2 Å². The zero-order valence-corrected chi connectivity index (χ0v) is 14.5. The first-order valence-corrected chi connectivity index (χ1v) is 8.13. The molecule has 0 saturated heterocycles. The lowest BCUT2D eigenvalue weighted by Gasteiger charge is -2.29. The summed E-state index contributed by atoms with van der Waals surface area (Å²) in [4.78, 5) is 0. The summed E-state index contributed by atoms with van der Waals surface area (Å²) in [6.45, 7) is 12.3. The van der Waals surface area contributed by atoms with Crippen molar-refractivity contribution in [3.8, 4) is 0 Å². The Kier molecular flexibility index (Phi) is 8.26. The Balaban J connectivity index is 3.13. The van der Waals surface area contributed by atoms with Crippen molar-refractivity contribution in [1.82, 2.24) is 15.1 Å². The first-order valence-electron chi connectivity index (χ1n) is 7.76. The lowest BCUT2D eigenvalue weighted by molar-refractivity contribution is -0.156. The maximum Gasteiger partial charge on any atom is 0.178 e. The number of nitrogens with zero attached hydrogens (tertiary/aromatic N) is 2. The molecule has 0 aliphatic carbocycles. The molecule has 1 aromatic rings. The Hall–Kier alpha value is -0.620. The van der Waals surface area contributed by atoms with Gasteiger partial charge >= 0.3 is 0 Å². The average Bonchev–Trinajstić information content (AvgIpc) is 2.82. The second-order valence-electron chi connectivity index (χ2n) is 5.13. The van der Waals surface area contributed by atoms with E-state index < -0.39 is 0 Å². The predicted molar refractivity (Wildman–Crippen MR) is 85.7 cm³/mol. The van der Waals surface area contributed by atoms with E-state index in [9.17, 15) is 0 Å². The van der Waals surface area contributed by atoms with Gasteiger partial charge in [0.2, 0.25) is 0 Å². The van der Waals surface area contributed by atoms with Crippen LogP contribution in [0.2, 0.25) is 5.02 Å². The summed E-state index contributed by atoms with van der Waals surface area (Å²) < 4.78 is 13.5. The fourth-order valence-corrected chi connectivity index (χ4v) is 2.49. The standard InChI is InChI=1S/C15H28ClN3O2/c1-6-9-17-13(15(20-7-2)21-8-3)14-12(16)10-18-19(14)11(4)5/h10-11,13,15,17H,6-9H2,1-5H3. The summed E-state index contributed by atoms with van der Waals surface area (Å²) in [6, 6.07) is 0.0876. The van der Waals surface area contributed by atoms with Crippen LogP contribution in [0.3, 0.4) is 0 Å². The number of hydrogen-bond acceptors (Lipinski definition) is 4. The van der Waals surface area contributed by atoms with Gasteiger partial charge in [-0.15, -0.1) is 0 Å². The van der Waals surface area contributed by atoms with E-state index in [1.807, 2.05) is 18.5 Å². The number of nitrogens with one attached hydrogen (secondary N) is 1. The quantitative estimate of drug-likeness (QED) is 0.670. The molecule has 0 saturated carbocycles.